The number of aromatic nitrogens is 3. The number of piperidine rings is 1. The van der Waals surface area contributed by atoms with Gasteiger partial charge in [-0.2, -0.15) is 9.97 Å². The Balaban J connectivity index is 1.56. The average Bonchev–Trinajstić information content (AvgIpc) is 2.85. The van der Waals surface area contributed by atoms with Crippen LogP contribution in [0.3, 0.4) is 0 Å². The van der Waals surface area contributed by atoms with Crippen molar-refractivity contribution in [2.75, 3.05) is 26.5 Å². The topological polar surface area (TPSA) is 100 Å². The fraction of sp³-hybridized carbons (Fsp3) is 0.360. The number of methoxy groups -OCH3 is 1. The lowest BCUT2D eigenvalue weighted by Crippen LogP contribution is -2.34. The number of hydrogen-bond donors (Lipinski definition) is 0. The first-order valence-electron chi connectivity index (χ1n) is 11.4. The predicted octanol–water partition coefficient (Wildman–Crippen LogP) is 5.15. The minimum Gasteiger partial charge on any atom is -0.609 e. The Bertz CT molecular complexity index is 1180. The SMILES string of the molecule is COC(=O)CC1CCN(Cc2cc(Oc3cnc([S+](C)[O-])nc3)nc(-c3cc(Cl)cc(Cl)c3)c2)CC1. The van der Waals surface area contributed by atoms with Crippen molar-refractivity contribution in [2.45, 2.75) is 31.0 Å². The molecule has 1 saturated heterocycles. The van der Waals surface area contributed by atoms with Crippen LogP contribution in [0.1, 0.15) is 24.8 Å². The average molecular weight is 549 g/mol. The van der Waals surface area contributed by atoms with Gasteiger partial charge in [0, 0.05) is 45.8 Å². The van der Waals surface area contributed by atoms with Crippen molar-refractivity contribution >= 4 is 40.3 Å². The highest BCUT2D eigenvalue weighted by Gasteiger charge is 2.22. The minimum absolute atomic E-state index is 0.156. The van der Waals surface area contributed by atoms with Gasteiger partial charge in [-0.3, -0.25) is 9.69 Å². The van der Waals surface area contributed by atoms with E-state index in [1.807, 2.05) is 12.1 Å². The fourth-order valence-corrected chi connectivity index (χ4v) is 5.03. The first-order valence-corrected chi connectivity index (χ1v) is 13.7. The van der Waals surface area contributed by atoms with Crippen LogP contribution in [0, 0.1) is 5.92 Å². The molecule has 1 fully saturated rings. The van der Waals surface area contributed by atoms with Crippen LogP contribution in [0.5, 0.6) is 11.6 Å². The molecule has 0 amide bonds. The highest BCUT2D eigenvalue weighted by Crippen LogP contribution is 2.31. The molecule has 0 radical (unpaired) electrons. The number of nitrogens with zero attached hydrogens (tertiary/aromatic N) is 4. The van der Waals surface area contributed by atoms with Crippen LogP contribution in [0.25, 0.3) is 11.3 Å². The number of esters is 1. The van der Waals surface area contributed by atoms with E-state index in [0.717, 1.165) is 37.1 Å². The number of likely N-dealkylation sites (tertiary alicyclic amines) is 1. The number of carbonyl (C=O) groups is 1. The molecule has 0 spiro atoms. The van der Waals surface area contributed by atoms with Gasteiger partial charge < -0.3 is 14.0 Å². The van der Waals surface area contributed by atoms with Crippen LogP contribution < -0.4 is 4.74 Å². The molecular formula is C25H26Cl2N4O4S. The summed E-state index contributed by atoms with van der Waals surface area (Å²) in [5.74, 6) is 0.937. The first-order chi connectivity index (χ1) is 17.3. The van der Waals surface area contributed by atoms with Gasteiger partial charge in [-0.15, -0.1) is 0 Å². The van der Waals surface area contributed by atoms with E-state index in [-0.39, 0.29) is 11.1 Å². The van der Waals surface area contributed by atoms with Crippen molar-refractivity contribution in [1.29, 1.82) is 0 Å². The molecule has 1 aliphatic heterocycles. The number of carbonyl (C=O) groups excluding carboxylic acids is 1. The van der Waals surface area contributed by atoms with Crippen LogP contribution in [0.2, 0.25) is 10.0 Å². The Morgan fingerprint density at radius 3 is 2.39 bits per heavy atom. The third kappa shape index (κ3) is 7.30. The second-order valence-corrected chi connectivity index (χ2v) is 10.8. The summed E-state index contributed by atoms with van der Waals surface area (Å²) in [6.07, 6.45) is 6.79. The fourth-order valence-electron chi connectivity index (χ4n) is 4.10. The van der Waals surface area contributed by atoms with Crippen LogP contribution in [0.4, 0.5) is 0 Å². The molecule has 2 aromatic heterocycles. The lowest BCUT2D eigenvalue weighted by Gasteiger charge is -2.31. The molecule has 11 heteroatoms. The Morgan fingerprint density at radius 1 is 1.11 bits per heavy atom. The summed E-state index contributed by atoms with van der Waals surface area (Å²) in [7, 11) is 1.43. The summed E-state index contributed by atoms with van der Waals surface area (Å²) in [6, 6.07) is 9.15. The van der Waals surface area contributed by atoms with Crippen molar-refractivity contribution < 1.29 is 18.8 Å². The largest absolute Gasteiger partial charge is 0.609 e. The van der Waals surface area contributed by atoms with Crippen LogP contribution in [0.15, 0.2) is 47.9 Å². The zero-order chi connectivity index (χ0) is 25.7. The lowest BCUT2D eigenvalue weighted by atomic mass is 9.93. The van der Waals surface area contributed by atoms with Gasteiger partial charge in [0.15, 0.2) is 5.75 Å². The molecule has 0 bridgehead atoms. The molecule has 0 aliphatic carbocycles. The van der Waals surface area contributed by atoms with Crippen molar-refractivity contribution in [3.8, 4) is 22.9 Å². The monoisotopic (exact) mass is 548 g/mol. The summed E-state index contributed by atoms with van der Waals surface area (Å²) in [4.78, 5) is 26.8. The predicted molar refractivity (Wildman–Crippen MR) is 139 cm³/mol. The maximum Gasteiger partial charge on any atom is 0.342 e. The molecule has 0 saturated carbocycles. The van der Waals surface area contributed by atoms with Gasteiger partial charge in [0.05, 0.1) is 25.2 Å². The Kier molecular flexibility index (Phi) is 9.03. The molecule has 1 aromatic carbocycles. The van der Waals surface area contributed by atoms with Crippen LogP contribution in [-0.2, 0) is 27.3 Å². The number of pyridine rings is 1. The highest BCUT2D eigenvalue weighted by molar-refractivity contribution is 7.90. The van der Waals surface area contributed by atoms with E-state index in [9.17, 15) is 9.35 Å². The molecule has 3 heterocycles. The quantitative estimate of drug-likeness (QED) is 0.216. The highest BCUT2D eigenvalue weighted by atomic mass is 35.5. The Hall–Kier alpha value is -2.43. The molecule has 8 nitrogen and oxygen atoms in total. The van der Waals surface area contributed by atoms with Crippen LogP contribution >= 0.6 is 23.2 Å². The smallest absolute Gasteiger partial charge is 0.342 e. The number of ether oxygens (including phenoxy) is 2. The van der Waals surface area contributed by atoms with Gasteiger partial charge in [0.2, 0.25) is 5.88 Å². The van der Waals surface area contributed by atoms with Crippen molar-refractivity contribution in [3.05, 3.63) is 58.3 Å². The van der Waals surface area contributed by atoms with E-state index in [2.05, 4.69) is 19.9 Å². The first kappa shape index (κ1) is 26.6. The molecule has 36 heavy (non-hydrogen) atoms. The second-order valence-electron chi connectivity index (χ2n) is 8.61. The molecule has 0 N–H and O–H groups in total. The summed E-state index contributed by atoms with van der Waals surface area (Å²) in [6.45, 7) is 2.44. The van der Waals surface area contributed by atoms with Gasteiger partial charge in [0.25, 0.3) is 0 Å². The maximum absolute atomic E-state index is 11.6. The van der Waals surface area contributed by atoms with Gasteiger partial charge in [-0.1, -0.05) is 23.2 Å². The molecule has 4 rings (SSSR count). The van der Waals surface area contributed by atoms with Crippen molar-refractivity contribution in [2.24, 2.45) is 5.92 Å². The van der Waals surface area contributed by atoms with E-state index in [4.69, 9.17) is 32.7 Å². The van der Waals surface area contributed by atoms with E-state index in [0.29, 0.717) is 46.3 Å². The van der Waals surface area contributed by atoms with Crippen molar-refractivity contribution in [1.82, 2.24) is 19.9 Å². The standard InChI is InChI=1S/C25H26Cl2N4O4S/c1-34-24(32)9-16-3-5-31(6-4-16)15-17-7-22(18-10-19(26)12-20(27)11-18)30-23(8-17)35-21-13-28-25(29-14-21)36(2)33/h7-8,10-14,16H,3-6,9,15H2,1-2H3. The molecular weight excluding hydrogens is 523 g/mol. The number of benzene rings is 1. The van der Waals surface area contributed by atoms with Gasteiger partial charge in [-0.05, 0) is 61.7 Å². The van der Waals surface area contributed by atoms with Crippen LogP contribution in [-0.4, -0.2) is 56.8 Å². The molecule has 1 atom stereocenters. The van der Waals surface area contributed by atoms with Gasteiger partial charge in [-0.25, -0.2) is 4.98 Å². The normalized spacial score (nSPS) is 15.5. The third-order valence-corrected chi connectivity index (χ3v) is 7.06. The number of rotatable bonds is 8. The zero-order valence-corrected chi connectivity index (χ0v) is 22.3. The summed E-state index contributed by atoms with van der Waals surface area (Å²) in [5.41, 5.74) is 2.44. The van der Waals surface area contributed by atoms with E-state index < -0.39 is 11.2 Å². The number of hydrogen-bond acceptors (Lipinski definition) is 8. The summed E-state index contributed by atoms with van der Waals surface area (Å²) >= 11 is 11.2. The third-order valence-electron chi connectivity index (χ3n) is 5.90. The minimum atomic E-state index is -1.28. The Labute approximate surface area is 223 Å². The Morgan fingerprint density at radius 2 is 1.78 bits per heavy atom. The molecule has 1 aliphatic rings. The zero-order valence-electron chi connectivity index (χ0n) is 19.9. The van der Waals surface area contributed by atoms with E-state index in [1.165, 1.54) is 25.8 Å². The van der Waals surface area contributed by atoms with Crippen molar-refractivity contribution in [3.63, 3.8) is 0 Å². The maximum atomic E-state index is 11.6. The molecule has 3 aromatic rings. The molecule has 190 valence electrons. The van der Waals surface area contributed by atoms with Gasteiger partial charge in [0.1, 0.15) is 6.26 Å². The second kappa shape index (κ2) is 12.2. The van der Waals surface area contributed by atoms with E-state index in [1.54, 1.807) is 18.2 Å². The van der Waals surface area contributed by atoms with E-state index >= 15 is 0 Å². The number of halogens is 2. The lowest BCUT2D eigenvalue weighted by molar-refractivity contribution is -0.142. The summed E-state index contributed by atoms with van der Waals surface area (Å²) < 4.78 is 22.4. The van der Waals surface area contributed by atoms with Gasteiger partial charge >= 0.3 is 11.1 Å². The molecule has 1 unspecified atom stereocenters. The summed E-state index contributed by atoms with van der Waals surface area (Å²) in [5, 5.41) is 1.25.